The van der Waals surface area contributed by atoms with Crippen molar-refractivity contribution in [2.24, 2.45) is 0 Å². The molecule has 0 saturated heterocycles. The molecule has 1 aromatic rings. The number of nitrogens with one attached hydrogen (secondary N) is 1. The monoisotopic (exact) mass is 139 g/mol. The lowest BCUT2D eigenvalue weighted by molar-refractivity contribution is 0.299. The molecule has 1 rings (SSSR count). The Morgan fingerprint density at radius 2 is 2.50 bits per heavy atom. The van der Waals surface area contributed by atoms with Gasteiger partial charge in [-0.3, -0.25) is 0 Å². The summed E-state index contributed by atoms with van der Waals surface area (Å²) in [6.07, 6.45) is 4.17. The second-order valence-electron chi connectivity index (χ2n) is 2.24. The van der Waals surface area contributed by atoms with E-state index in [2.05, 4.69) is 11.9 Å². The van der Waals surface area contributed by atoms with Crippen LogP contribution in [0.5, 0.6) is 5.88 Å². The zero-order chi connectivity index (χ0) is 7.23. The number of aromatic amines is 1. The van der Waals surface area contributed by atoms with Crippen molar-refractivity contribution in [1.29, 1.82) is 0 Å². The predicted molar refractivity (Wildman–Crippen MR) is 41.2 cm³/mol. The minimum absolute atomic E-state index is 0.816. The maximum Gasteiger partial charge on any atom is 0.190 e. The Morgan fingerprint density at radius 1 is 1.60 bits per heavy atom. The molecule has 0 aliphatic rings. The van der Waals surface area contributed by atoms with Gasteiger partial charge in [0.15, 0.2) is 5.88 Å². The second-order valence-corrected chi connectivity index (χ2v) is 2.24. The highest BCUT2D eigenvalue weighted by Crippen LogP contribution is 2.04. The van der Waals surface area contributed by atoms with Crippen molar-refractivity contribution in [3.8, 4) is 5.88 Å². The number of hydrogen-bond acceptors (Lipinski definition) is 1. The van der Waals surface area contributed by atoms with Crippen LogP contribution in [0.4, 0.5) is 0 Å². The van der Waals surface area contributed by atoms with E-state index in [0.717, 1.165) is 18.9 Å². The van der Waals surface area contributed by atoms with Gasteiger partial charge >= 0.3 is 0 Å². The fourth-order valence-corrected chi connectivity index (χ4v) is 0.730. The highest BCUT2D eigenvalue weighted by Gasteiger charge is 1.89. The first-order chi connectivity index (χ1) is 4.93. The molecule has 0 fully saturated rings. The minimum Gasteiger partial charge on any atom is -0.479 e. The number of hydrogen-bond donors (Lipinski definition) is 1. The van der Waals surface area contributed by atoms with Crippen molar-refractivity contribution in [2.45, 2.75) is 19.8 Å². The Morgan fingerprint density at radius 3 is 3.10 bits per heavy atom. The van der Waals surface area contributed by atoms with E-state index >= 15 is 0 Å². The van der Waals surface area contributed by atoms with Gasteiger partial charge in [-0.2, -0.15) is 0 Å². The molecule has 0 amide bonds. The molecule has 56 valence electrons. The van der Waals surface area contributed by atoms with Crippen LogP contribution in [0.15, 0.2) is 18.3 Å². The van der Waals surface area contributed by atoms with Gasteiger partial charge in [0.1, 0.15) is 0 Å². The third kappa shape index (κ3) is 2.13. The largest absolute Gasteiger partial charge is 0.479 e. The number of unbranched alkanes of at least 4 members (excludes halogenated alkanes) is 1. The molecule has 0 spiro atoms. The summed E-state index contributed by atoms with van der Waals surface area (Å²) in [6, 6.07) is 3.86. The molecule has 0 unspecified atom stereocenters. The summed E-state index contributed by atoms with van der Waals surface area (Å²) in [4.78, 5) is 2.97. The fourth-order valence-electron chi connectivity index (χ4n) is 0.730. The molecule has 0 aliphatic carbocycles. The third-order valence-corrected chi connectivity index (χ3v) is 1.32. The van der Waals surface area contributed by atoms with E-state index in [-0.39, 0.29) is 0 Å². The maximum atomic E-state index is 5.33. The Labute approximate surface area is 61.2 Å². The number of rotatable bonds is 4. The van der Waals surface area contributed by atoms with Crippen LogP contribution in [0.2, 0.25) is 0 Å². The van der Waals surface area contributed by atoms with Gasteiger partial charge in [-0.15, -0.1) is 0 Å². The Balaban J connectivity index is 2.15. The molecule has 1 aromatic heterocycles. The first kappa shape index (κ1) is 7.19. The fraction of sp³-hybridized carbons (Fsp3) is 0.500. The van der Waals surface area contributed by atoms with Gasteiger partial charge in [0, 0.05) is 6.20 Å². The van der Waals surface area contributed by atoms with E-state index in [1.165, 1.54) is 6.42 Å². The van der Waals surface area contributed by atoms with Crippen molar-refractivity contribution in [2.75, 3.05) is 6.61 Å². The third-order valence-electron chi connectivity index (χ3n) is 1.32. The average molecular weight is 139 g/mol. The lowest BCUT2D eigenvalue weighted by Gasteiger charge is -1.99. The van der Waals surface area contributed by atoms with Crippen molar-refractivity contribution in [3.63, 3.8) is 0 Å². The van der Waals surface area contributed by atoms with Crippen molar-refractivity contribution in [3.05, 3.63) is 18.3 Å². The van der Waals surface area contributed by atoms with E-state index in [4.69, 9.17) is 4.74 Å². The summed E-state index contributed by atoms with van der Waals surface area (Å²) >= 11 is 0. The molecular formula is C8H13NO. The summed E-state index contributed by atoms with van der Waals surface area (Å²) in [6.45, 7) is 2.97. The number of ether oxygens (including phenoxy) is 1. The molecule has 0 aliphatic heterocycles. The molecule has 1 N–H and O–H groups in total. The molecule has 10 heavy (non-hydrogen) atoms. The van der Waals surface area contributed by atoms with Crippen LogP contribution in [0.1, 0.15) is 19.8 Å². The SMILES string of the molecule is CCCCOc1ccc[nH]1. The predicted octanol–water partition coefficient (Wildman–Crippen LogP) is 2.19. The average Bonchev–Trinajstić information content (AvgIpc) is 2.41. The van der Waals surface area contributed by atoms with Gasteiger partial charge in [0.05, 0.1) is 6.61 Å². The van der Waals surface area contributed by atoms with Crippen molar-refractivity contribution >= 4 is 0 Å². The van der Waals surface area contributed by atoms with Crippen molar-refractivity contribution in [1.82, 2.24) is 4.98 Å². The smallest absolute Gasteiger partial charge is 0.190 e. The molecule has 0 radical (unpaired) electrons. The number of H-pyrrole nitrogens is 1. The maximum absolute atomic E-state index is 5.33. The van der Waals surface area contributed by atoms with Gasteiger partial charge in [0.2, 0.25) is 0 Å². The molecule has 2 heteroatoms. The zero-order valence-corrected chi connectivity index (χ0v) is 6.26. The van der Waals surface area contributed by atoms with Gasteiger partial charge in [-0.1, -0.05) is 13.3 Å². The zero-order valence-electron chi connectivity index (χ0n) is 6.26. The van der Waals surface area contributed by atoms with Crippen LogP contribution in [0.3, 0.4) is 0 Å². The lowest BCUT2D eigenvalue weighted by Crippen LogP contribution is -1.95. The topological polar surface area (TPSA) is 25.0 Å². The van der Waals surface area contributed by atoms with Crippen LogP contribution in [0, 0.1) is 0 Å². The highest BCUT2D eigenvalue weighted by atomic mass is 16.5. The van der Waals surface area contributed by atoms with Crippen LogP contribution in [-0.4, -0.2) is 11.6 Å². The molecule has 0 saturated carbocycles. The van der Waals surface area contributed by atoms with E-state index in [9.17, 15) is 0 Å². The van der Waals surface area contributed by atoms with Crippen molar-refractivity contribution < 1.29 is 4.74 Å². The molecular weight excluding hydrogens is 126 g/mol. The van der Waals surface area contributed by atoms with Crippen LogP contribution in [0.25, 0.3) is 0 Å². The molecule has 0 bridgehead atoms. The first-order valence-electron chi connectivity index (χ1n) is 3.69. The summed E-state index contributed by atoms with van der Waals surface area (Å²) < 4.78 is 5.33. The van der Waals surface area contributed by atoms with Crippen LogP contribution < -0.4 is 4.74 Å². The van der Waals surface area contributed by atoms with Crippen LogP contribution in [-0.2, 0) is 0 Å². The van der Waals surface area contributed by atoms with Gasteiger partial charge in [0.25, 0.3) is 0 Å². The first-order valence-corrected chi connectivity index (χ1v) is 3.69. The van der Waals surface area contributed by atoms with Crippen LogP contribution >= 0.6 is 0 Å². The lowest BCUT2D eigenvalue weighted by atomic mass is 10.4. The van der Waals surface area contributed by atoms with E-state index in [1.807, 2.05) is 18.3 Å². The van der Waals surface area contributed by atoms with E-state index in [1.54, 1.807) is 0 Å². The molecule has 1 heterocycles. The summed E-state index contributed by atoms with van der Waals surface area (Å²) in [5.74, 6) is 0.869. The Kier molecular flexibility index (Phi) is 2.87. The standard InChI is InChI=1S/C8H13NO/c1-2-3-7-10-8-5-4-6-9-8/h4-6,9H,2-3,7H2,1H3. The minimum atomic E-state index is 0.816. The quantitative estimate of drug-likeness (QED) is 0.635. The highest BCUT2D eigenvalue weighted by molar-refractivity contribution is 5.09. The van der Waals surface area contributed by atoms with E-state index < -0.39 is 0 Å². The molecule has 0 atom stereocenters. The van der Waals surface area contributed by atoms with Gasteiger partial charge in [-0.05, 0) is 18.6 Å². The summed E-state index contributed by atoms with van der Waals surface area (Å²) in [5.41, 5.74) is 0. The molecule has 0 aromatic carbocycles. The Bertz CT molecular complexity index is 158. The molecule has 2 nitrogen and oxygen atoms in total. The summed E-state index contributed by atoms with van der Waals surface area (Å²) in [5, 5.41) is 0. The number of aromatic nitrogens is 1. The van der Waals surface area contributed by atoms with Gasteiger partial charge < -0.3 is 9.72 Å². The Hall–Kier alpha value is -0.920. The second kappa shape index (κ2) is 3.99. The van der Waals surface area contributed by atoms with Gasteiger partial charge in [-0.25, -0.2) is 0 Å². The summed E-state index contributed by atoms with van der Waals surface area (Å²) in [7, 11) is 0. The van der Waals surface area contributed by atoms with E-state index in [0.29, 0.717) is 0 Å². The normalized spacial score (nSPS) is 9.70.